The van der Waals surface area contributed by atoms with Crippen LogP contribution >= 0.6 is 0 Å². The topological polar surface area (TPSA) is 59.0 Å². The second kappa shape index (κ2) is 6.43. The molecule has 0 aliphatic carbocycles. The largest absolute Gasteiger partial charge is 0.497 e. The van der Waals surface area contributed by atoms with Crippen molar-refractivity contribution in [3.8, 4) is 11.5 Å². The Morgan fingerprint density at radius 1 is 1.26 bits per heavy atom. The molecule has 2 unspecified atom stereocenters. The molecule has 0 aliphatic heterocycles. The average molecular weight is 267 g/mol. The van der Waals surface area contributed by atoms with Gasteiger partial charge in [0.15, 0.2) is 0 Å². The first-order valence-corrected chi connectivity index (χ1v) is 6.03. The van der Waals surface area contributed by atoms with E-state index in [2.05, 4.69) is 0 Å². The molecule has 1 aromatic carbocycles. The summed E-state index contributed by atoms with van der Waals surface area (Å²) in [5.41, 5.74) is 0.807. The van der Waals surface area contributed by atoms with Crippen molar-refractivity contribution >= 4 is 5.97 Å². The highest BCUT2D eigenvalue weighted by Gasteiger charge is 2.29. The van der Waals surface area contributed by atoms with Crippen molar-refractivity contribution in [2.24, 2.45) is 5.92 Å². The molecule has 0 heterocycles. The zero-order valence-electron chi connectivity index (χ0n) is 12.0. The Bertz CT molecular complexity index is 445. The van der Waals surface area contributed by atoms with Crippen molar-refractivity contribution in [3.05, 3.63) is 23.8 Å². The van der Waals surface area contributed by atoms with Gasteiger partial charge in [0.1, 0.15) is 11.5 Å². The lowest BCUT2D eigenvalue weighted by Crippen LogP contribution is -2.30. The van der Waals surface area contributed by atoms with Crippen molar-refractivity contribution in [2.45, 2.75) is 13.0 Å². The fourth-order valence-corrected chi connectivity index (χ4v) is 2.20. The van der Waals surface area contributed by atoms with Crippen LogP contribution in [-0.4, -0.2) is 44.3 Å². The van der Waals surface area contributed by atoms with E-state index in [1.54, 1.807) is 33.3 Å². The summed E-state index contributed by atoms with van der Waals surface area (Å²) in [5, 5.41) is 9.25. The predicted octanol–water partition coefficient (Wildman–Crippen LogP) is 2.03. The first-order chi connectivity index (χ1) is 8.92. The number of carboxylic acid groups (broad SMARTS) is 1. The highest BCUT2D eigenvalue weighted by atomic mass is 16.5. The molecule has 0 aromatic heterocycles. The quantitative estimate of drug-likeness (QED) is 0.854. The van der Waals surface area contributed by atoms with Crippen LogP contribution in [0.2, 0.25) is 0 Å². The Hall–Kier alpha value is -1.75. The van der Waals surface area contributed by atoms with Crippen molar-refractivity contribution in [3.63, 3.8) is 0 Å². The van der Waals surface area contributed by atoms with Crippen LogP contribution in [0.5, 0.6) is 11.5 Å². The summed E-state index contributed by atoms with van der Waals surface area (Å²) < 4.78 is 10.5. The van der Waals surface area contributed by atoms with Gasteiger partial charge in [0.2, 0.25) is 0 Å². The van der Waals surface area contributed by atoms with Gasteiger partial charge in [-0.3, -0.25) is 4.79 Å². The SMILES string of the molecule is COc1ccc(OC)c(C(C(C)C(=O)O)N(C)C)c1. The van der Waals surface area contributed by atoms with Crippen LogP contribution in [0, 0.1) is 5.92 Å². The normalized spacial score (nSPS) is 14.0. The molecule has 5 heteroatoms. The van der Waals surface area contributed by atoms with E-state index in [0.29, 0.717) is 11.5 Å². The lowest BCUT2D eigenvalue weighted by molar-refractivity contribution is -0.143. The Labute approximate surface area is 113 Å². The standard InChI is InChI=1S/C14H21NO4/c1-9(14(16)17)13(15(2)3)11-8-10(18-4)6-7-12(11)19-5/h6-9,13H,1-5H3,(H,16,17). The van der Waals surface area contributed by atoms with Gasteiger partial charge >= 0.3 is 5.97 Å². The highest BCUT2D eigenvalue weighted by molar-refractivity contribution is 5.71. The Kier molecular flexibility index (Phi) is 5.18. The number of methoxy groups -OCH3 is 2. The third kappa shape index (κ3) is 3.38. The van der Waals surface area contributed by atoms with Crippen LogP contribution in [0.25, 0.3) is 0 Å². The van der Waals surface area contributed by atoms with Crippen molar-refractivity contribution in [2.75, 3.05) is 28.3 Å². The van der Waals surface area contributed by atoms with E-state index in [1.165, 1.54) is 0 Å². The molecule has 0 bridgehead atoms. The molecule has 106 valence electrons. The third-order valence-electron chi connectivity index (χ3n) is 3.17. The first kappa shape index (κ1) is 15.3. The molecule has 19 heavy (non-hydrogen) atoms. The van der Waals surface area contributed by atoms with Gasteiger partial charge in [-0.25, -0.2) is 0 Å². The van der Waals surface area contributed by atoms with Crippen molar-refractivity contribution < 1.29 is 19.4 Å². The predicted molar refractivity (Wildman–Crippen MR) is 72.8 cm³/mol. The second-order valence-electron chi connectivity index (χ2n) is 4.64. The number of ether oxygens (including phenoxy) is 2. The average Bonchev–Trinajstić information content (AvgIpc) is 2.38. The Balaban J connectivity index is 3.31. The first-order valence-electron chi connectivity index (χ1n) is 6.03. The molecule has 5 nitrogen and oxygen atoms in total. The van der Waals surface area contributed by atoms with Crippen molar-refractivity contribution in [1.29, 1.82) is 0 Å². The van der Waals surface area contributed by atoms with Gasteiger partial charge in [0.25, 0.3) is 0 Å². The maximum Gasteiger partial charge on any atom is 0.308 e. The van der Waals surface area contributed by atoms with Gasteiger partial charge < -0.3 is 19.5 Å². The van der Waals surface area contributed by atoms with E-state index in [-0.39, 0.29) is 6.04 Å². The minimum absolute atomic E-state index is 0.289. The van der Waals surface area contributed by atoms with Gasteiger partial charge in [-0.2, -0.15) is 0 Å². The van der Waals surface area contributed by atoms with Crippen LogP contribution in [0.15, 0.2) is 18.2 Å². The maximum atomic E-state index is 11.3. The number of hydrogen-bond donors (Lipinski definition) is 1. The number of carbonyl (C=O) groups is 1. The zero-order valence-corrected chi connectivity index (χ0v) is 12.0. The van der Waals surface area contributed by atoms with Gasteiger partial charge in [0, 0.05) is 5.56 Å². The monoisotopic (exact) mass is 267 g/mol. The minimum Gasteiger partial charge on any atom is -0.497 e. The van der Waals surface area contributed by atoms with Crippen LogP contribution in [0.3, 0.4) is 0 Å². The van der Waals surface area contributed by atoms with Crippen LogP contribution in [-0.2, 0) is 4.79 Å². The Morgan fingerprint density at radius 2 is 1.89 bits per heavy atom. The molecule has 1 rings (SSSR count). The number of nitrogens with zero attached hydrogens (tertiary/aromatic N) is 1. The molecule has 2 atom stereocenters. The molecule has 0 fully saturated rings. The van der Waals surface area contributed by atoms with Gasteiger partial charge in [-0.05, 0) is 32.3 Å². The van der Waals surface area contributed by atoms with E-state index in [1.807, 2.05) is 25.1 Å². The smallest absolute Gasteiger partial charge is 0.308 e. The summed E-state index contributed by atoms with van der Waals surface area (Å²) in [7, 11) is 6.85. The van der Waals surface area contributed by atoms with Gasteiger partial charge in [0.05, 0.1) is 26.2 Å². The summed E-state index contributed by atoms with van der Waals surface area (Å²) in [5.74, 6) is -0.0626. The maximum absolute atomic E-state index is 11.3. The summed E-state index contributed by atoms with van der Waals surface area (Å²) >= 11 is 0. The zero-order chi connectivity index (χ0) is 14.6. The molecule has 1 aromatic rings. The van der Waals surface area contributed by atoms with E-state index in [0.717, 1.165) is 5.56 Å². The number of carboxylic acids is 1. The fourth-order valence-electron chi connectivity index (χ4n) is 2.20. The van der Waals surface area contributed by atoms with E-state index in [9.17, 15) is 9.90 Å². The Morgan fingerprint density at radius 3 is 2.32 bits per heavy atom. The molecule has 0 radical (unpaired) electrons. The van der Waals surface area contributed by atoms with Crippen LogP contribution in [0.4, 0.5) is 0 Å². The lowest BCUT2D eigenvalue weighted by Gasteiger charge is -2.29. The summed E-state index contributed by atoms with van der Waals surface area (Å²) in [4.78, 5) is 13.1. The number of hydrogen-bond acceptors (Lipinski definition) is 4. The van der Waals surface area contributed by atoms with E-state index < -0.39 is 11.9 Å². The van der Waals surface area contributed by atoms with Crippen LogP contribution in [0.1, 0.15) is 18.5 Å². The van der Waals surface area contributed by atoms with Gasteiger partial charge in [-0.1, -0.05) is 6.92 Å². The molecular formula is C14H21NO4. The van der Waals surface area contributed by atoms with E-state index >= 15 is 0 Å². The molecular weight excluding hydrogens is 246 g/mol. The highest BCUT2D eigenvalue weighted by Crippen LogP contribution is 2.36. The van der Waals surface area contributed by atoms with E-state index in [4.69, 9.17) is 9.47 Å². The molecule has 1 N–H and O–H groups in total. The molecule has 0 amide bonds. The summed E-state index contributed by atoms with van der Waals surface area (Å²) in [6, 6.07) is 5.12. The molecule has 0 saturated heterocycles. The summed E-state index contributed by atoms with van der Waals surface area (Å²) in [6.07, 6.45) is 0. The lowest BCUT2D eigenvalue weighted by atomic mass is 9.92. The fraction of sp³-hybridized carbons (Fsp3) is 0.500. The van der Waals surface area contributed by atoms with Crippen LogP contribution < -0.4 is 9.47 Å². The molecule has 0 saturated carbocycles. The number of aliphatic carboxylic acids is 1. The summed E-state index contributed by atoms with van der Waals surface area (Å²) in [6.45, 7) is 1.69. The number of benzene rings is 1. The molecule has 0 aliphatic rings. The number of rotatable bonds is 6. The minimum atomic E-state index is -0.844. The third-order valence-corrected chi connectivity index (χ3v) is 3.17. The molecule has 0 spiro atoms. The van der Waals surface area contributed by atoms with Gasteiger partial charge in [-0.15, -0.1) is 0 Å². The van der Waals surface area contributed by atoms with Crippen molar-refractivity contribution in [1.82, 2.24) is 4.90 Å². The second-order valence-corrected chi connectivity index (χ2v) is 4.64.